The molecule has 0 radical (unpaired) electrons. The average Bonchev–Trinajstić information content (AvgIpc) is 1.63. The summed E-state index contributed by atoms with van der Waals surface area (Å²) >= 11 is 0. The summed E-state index contributed by atoms with van der Waals surface area (Å²) in [6, 6.07) is -1.29. The van der Waals surface area contributed by atoms with E-state index in [9.17, 15) is 9.59 Å². The molecule has 0 saturated heterocycles. The Hall–Kier alpha value is -1.10. The number of carboxylic acids is 2. The molecule has 1 atom stereocenters. The predicted molar refractivity (Wildman–Crippen MR) is 27.9 cm³/mol. The maximum Gasteiger partial charge on any atom is 0.321 e. The molecule has 5 nitrogen and oxygen atoms in total. The van der Waals surface area contributed by atoms with Gasteiger partial charge in [0.1, 0.15) is 6.04 Å². The Kier molecular flexibility index (Phi) is 2.66. The van der Waals surface area contributed by atoms with Gasteiger partial charge >= 0.3 is 11.9 Å². The molecule has 0 aromatic rings. The van der Waals surface area contributed by atoms with E-state index in [0.717, 1.165) is 0 Å². The van der Waals surface area contributed by atoms with Crippen LogP contribution in [0.1, 0.15) is 6.42 Å². The Balaban J connectivity index is 3.63. The molecule has 5 heteroatoms. The molecule has 0 spiro atoms. The number of hydrogen-bond donors (Lipinski definition) is 3. The Morgan fingerprint density at radius 1 is 1.44 bits per heavy atom. The van der Waals surface area contributed by atoms with Gasteiger partial charge in [0.05, 0.1) is 6.42 Å². The molecule has 0 fully saturated rings. The standard InChI is InChI=1S/C4H7NO4/c5-2(4(8)9)1-3(6)7/h2H,1,5H2,(H,6,7)(H,8,9)/i5+1. The molecular formula is C4H7NO4. The quantitative estimate of drug-likeness (QED) is 0.424. The van der Waals surface area contributed by atoms with Crippen molar-refractivity contribution < 1.29 is 19.8 Å². The van der Waals surface area contributed by atoms with Gasteiger partial charge in [0.2, 0.25) is 0 Å². The van der Waals surface area contributed by atoms with Crippen molar-refractivity contribution in [3.63, 3.8) is 0 Å². The van der Waals surface area contributed by atoms with Crippen LogP contribution >= 0.6 is 0 Å². The molecule has 52 valence electrons. The minimum absolute atomic E-state index is 0.532. The van der Waals surface area contributed by atoms with Gasteiger partial charge in [0, 0.05) is 0 Å². The molecule has 0 heterocycles. The van der Waals surface area contributed by atoms with Crippen molar-refractivity contribution in [2.75, 3.05) is 0 Å². The van der Waals surface area contributed by atoms with Crippen LogP contribution in [0.5, 0.6) is 0 Å². The van der Waals surface area contributed by atoms with Crippen LogP contribution in [0, 0.1) is 0 Å². The minimum Gasteiger partial charge on any atom is -0.481 e. The lowest BCUT2D eigenvalue weighted by Crippen LogP contribution is -2.32. The smallest absolute Gasteiger partial charge is 0.321 e. The zero-order valence-corrected chi connectivity index (χ0v) is 4.57. The van der Waals surface area contributed by atoms with E-state index in [1.54, 1.807) is 0 Å². The molecule has 4 N–H and O–H groups in total. The fraction of sp³-hybridized carbons (Fsp3) is 0.500. The van der Waals surface area contributed by atoms with E-state index in [1.165, 1.54) is 0 Å². The second kappa shape index (κ2) is 3.03. The highest BCUT2D eigenvalue weighted by Gasteiger charge is 2.14. The summed E-state index contributed by atoms with van der Waals surface area (Å²) in [4.78, 5) is 19.6. The van der Waals surface area contributed by atoms with Gasteiger partial charge in [-0.05, 0) is 0 Å². The van der Waals surface area contributed by atoms with Crippen molar-refractivity contribution in [2.45, 2.75) is 12.5 Å². The molecule has 0 aliphatic rings. The molecule has 0 aliphatic heterocycles. The Labute approximate surface area is 51.1 Å². The average molecular weight is 134 g/mol. The maximum atomic E-state index is 9.85. The SMILES string of the molecule is [15NH2]C(CC(=O)O)C(=O)O. The second-order valence-electron chi connectivity index (χ2n) is 1.54. The number of nitrogens with two attached hydrogens (primary N) is 1. The number of carboxylic acid groups (broad SMARTS) is 2. The number of aliphatic carboxylic acids is 2. The van der Waals surface area contributed by atoms with Gasteiger partial charge in [0.15, 0.2) is 0 Å². The Bertz CT molecular complexity index is 133. The lowest BCUT2D eigenvalue weighted by molar-refractivity contribution is -0.144. The van der Waals surface area contributed by atoms with Crippen LogP contribution in [0.3, 0.4) is 0 Å². The monoisotopic (exact) mass is 134 g/mol. The van der Waals surface area contributed by atoms with Gasteiger partial charge in [-0.2, -0.15) is 0 Å². The van der Waals surface area contributed by atoms with Gasteiger partial charge in [-0.25, -0.2) is 0 Å². The summed E-state index contributed by atoms with van der Waals surface area (Å²) in [5.41, 5.74) is 4.84. The largest absolute Gasteiger partial charge is 0.481 e. The van der Waals surface area contributed by atoms with E-state index in [0.29, 0.717) is 0 Å². The Morgan fingerprint density at radius 3 is 2.00 bits per heavy atom. The molecule has 1 unspecified atom stereocenters. The molecule has 0 amide bonds. The van der Waals surface area contributed by atoms with Crippen molar-refractivity contribution in [1.82, 2.24) is 0 Å². The highest BCUT2D eigenvalue weighted by atomic mass is 16.4. The number of hydrogen-bond acceptors (Lipinski definition) is 3. The van der Waals surface area contributed by atoms with E-state index in [4.69, 9.17) is 15.9 Å². The fourth-order valence-corrected chi connectivity index (χ4v) is 0.275. The zero-order chi connectivity index (χ0) is 7.44. The first-order valence-corrected chi connectivity index (χ1v) is 2.24. The van der Waals surface area contributed by atoms with Gasteiger partial charge in [0.25, 0.3) is 0 Å². The van der Waals surface area contributed by atoms with Gasteiger partial charge in [-0.1, -0.05) is 0 Å². The second-order valence-corrected chi connectivity index (χ2v) is 1.54. The summed E-state index contributed by atoms with van der Waals surface area (Å²) < 4.78 is 0. The molecule has 9 heavy (non-hydrogen) atoms. The first-order valence-electron chi connectivity index (χ1n) is 2.24. The van der Waals surface area contributed by atoms with Gasteiger partial charge in [-0.3, -0.25) is 9.59 Å². The zero-order valence-electron chi connectivity index (χ0n) is 4.57. The molecule has 0 bridgehead atoms. The van der Waals surface area contributed by atoms with Crippen molar-refractivity contribution >= 4 is 11.9 Å². The van der Waals surface area contributed by atoms with Crippen LogP contribution in [-0.4, -0.2) is 28.2 Å². The highest BCUT2D eigenvalue weighted by molar-refractivity contribution is 5.80. The van der Waals surface area contributed by atoms with Crippen molar-refractivity contribution in [3.05, 3.63) is 0 Å². The lowest BCUT2D eigenvalue weighted by Gasteiger charge is -1.99. The molecule has 0 aromatic heterocycles. The van der Waals surface area contributed by atoms with Crippen LogP contribution in [-0.2, 0) is 9.59 Å². The highest BCUT2D eigenvalue weighted by Crippen LogP contribution is 1.86. The van der Waals surface area contributed by atoms with Crippen LogP contribution in [0.2, 0.25) is 0 Å². The minimum atomic E-state index is -1.29. The summed E-state index contributed by atoms with van der Waals surface area (Å²) in [5.74, 6) is -2.50. The van der Waals surface area contributed by atoms with E-state index in [1.807, 2.05) is 0 Å². The van der Waals surface area contributed by atoms with Gasteiger partial charge in [-0.15, -0.1) is 0 Å². The third-order valence-electron chi connectivity index (χ3n) is 0.712. The molecular weight excluding hydrogens is 127 g/mol. The lowest BCUT2D eigenvalue weighted by atomic mass is 10.2. The van der Waals surface area contributed by atoms with E-state index in [2.05, 4.69) is 0 Å². The first kappa shape index (κ1) is 7.90. The molecule has 0 saturated carbocycles. The molecule has 0 aliphatic carbocycles. The van der Waals surface area contributed by atoms with Crippen LogP contribution in [0.15, 0.2) is 0 Å². The van der Waals surface area contributed by atoms with Crippen LogP contribution in [0.25, 0.3) is 0 Å². The third-order valence-corrected chi connectivity index (χ3v) is 0.712. The van der Waals surface area contributed by atoms with Gasteiger partial charge < -0.3 is 15.9 Å². The number of rotatable bonds is 3. The normalized spacial score (nSPS) is 12.6. The topological polar surface area (TPSA) is 101 Å². The molecule has 0 rings (SSSR count). The van der Waals surface area contributed by atoms with Crippen molar-refractivity contribution in [3.8, 4) is 0 Å². The fourth-order valence-electron chi connectivity index (χ4n) is 0.275. The Morgan fingerprint density at radius 2 is 1.89 bits per heavy atom. The summed E-state index contributed by atoms with van der Waals surface area (Å²) in [6.07, 6.45) is -0.532. The summed E-state index contributed by atoms with van der Waals surface area (Å²) in [5, 5.41) is 16.0. The van der Waals surface area contributed by atoms with Crippen LogP contribution in [0.4, 0.5) is 0 Å². The maximum absolute atomic E-state index is 9.85. The van der Waals surface area contributed by atoms with E-state index < -0.39 is 24.4 Å². The number of carbonyl (C=O) groups is 2. The third kappa shape index (κ3) is 3.48. The molecule has 0 aromatic carbocycles. The van der Waals surface area contributed by atoms with E-state index >= 15 is 0 Å². The van der Waals surface area contributed by atoms with Crippen LogP contribution < -0.4 is 5.73 Å². The summed E-state index contributed by atoms with van der Waals surface area (Å²) in [6.45, 7) is 0. The predicted octanol–water partition coefficient (Wildman–Crippen LogP) is -1.13. The van der Waals surface area contributed by atoms with Crippen molar-refractivity contribution in [1.29, 1.82) is 0 Å². The van der Waals surface area contributed by atoms with Crippen molar-refractivity contribution in [2.24, 2.45) is 5.73 Å². The first-order chi connectivity index (χ1) is 4.04. The van der Waals surface area contributed by atoms with E-state index in [-0.39, 0.29) is 0 Å². The summed E-state index contributed by atoms with van der Waals surface area (Å²) in [7, 11) is 0.